The average Bonchev–Trinajstić information content (AvgIpc) is 2.69. The van der Waals surface area contributed by atoms with Crippen molar-refractivity contribution in [2.45, 2.75) is 44.7 Å². The molecule has 1 aliphatic rings. The van der Waals surface area contributed by atoms with Crippen LogP contribution in [0.1, 0.15) is 41.6 Å². The molecule has 2 aromatic heterocycles. The van der Waals surface area contributed by atoms with Gasteiger partial charge in [0.05, 0.1) is 11.1 Å². The van der Waals surface area contributed by atoms with E-state index in [1.165, 1.54) is 10.9 Å². The van der Waals surface area contributed by atoms with Crippen LogP contribution in [0.5, 0.6) is 0 Å². The molecule has 1 saturated carbocycles. The lowest BCUT2D eigenvalue weighted by Crippen LogP contribution is -2.40. The number of carbonyl (C=O) groups is 1. The highest BCUT2D eigenvalue weighted by Gasteiger charge is 2.23. The number of halogens is 1. The fourth-order valence-electron chi connectivity index (χ4n) is 3.82. The van der Waals surface area contributed by atoms with E-state index in [1.807, 2.05) is 12.1 Å². The van der Waals surface area contributed by atoms with Crippen molar-refractivity contribution < 1.29 is 4.79 Å². The van der Waals surface area contributed by atoms with Gasteiger partial charge in [0.15, 0.2) is 0 Å². The second-order valence-corrected chi connectivity index (χ2v) is 8.32. The Labute approximate surface area is 173 Å². The number of hydrogen-bond acceptors (Lipinski definition) is 4. The summed E-state index contributed by atoms with van der Waals surface area (Å²) in [5.74, 6) is 0.876. The largest absolute Gasteiger partial charge is 0.367 e. The number of hydrogen-bond donors (Lipinski definition) is 2. The number of para-hydroxylation sites is 1. The molecule has 4 rings (SSSR count). The molecule has 28 heavy (non-hydrogen) atoms. The first-order chi connectivity index (χ1) is 13.6. The molecule has 144 valence electrons. The molecule has 0 spiro atoms. The van der Waals surface area contributed by atoms with Crippen molar-refractivity contribution in [3.8, 4) is 0 Å². The Balaban J connectivity index is 1.34. The first-order valence-corrected chi connectivity index (χ1v) is 10.4. The van der Waals surface area contributed by atoms with Crippen LogP contribution in [0.4, 0.5) is 5.82 Å². The third-order valence-corrected chi connectivity index (χ3v) is 5.74. The molecular weight excluding hydrogens is 416 g/mol. The topological polar surface area (TPSA) is 66.9 Å². The number of pyridine rings is 2. The van der Waals surface area contributed by atoms with Gasteiger partial charge in [-0.05, 0) is 72.3 Å². The molecule has 6 heteroatoms. The summed E-state index contributed by atoms with van der Waals surface area (Å²) in [4.78, 5) is 21.2. The van der Waals surface area contributed by atoms with E-state index < -0.39 is 0 Å². The van der Waals surface area contributed by atoms with Crippen molar-refractivity contribution in [2.24, 2.45) is 0 Å². The van der Waals surface area contributed by atoms with Crippen molar-refractivity contribution in [3.05, 3.63) is 64.4 Å². The van der Waals surface area contributed by atoms with Crippen molar-refractivity contribution >= 4 is 38.6 Å². The lowest BCUT2D eigenvalue weighted by molar-refractivity contribution is 0.0926. The lowest BCUT2D eigenvalue weighted by Gasteiger charge is -2.30. The van der Waals surface area contributed by atoms with Crippen LogP contribution >= 0.6 is 15.9 Å². The minimum atomic E-state index is -0.0583. The van der Waals surface area contributed by atoms with Gasteiger partial charge in [0, 0.05) is 34.3 Å². The summed E-state index contributed by atoms with van der Waals surface area (Å²) >= 11 is 3.36. The third kappa shape index (κ3) is 4.33. The summed E-state index contributed by atoms with van der Waals surface area (Å²) in [6.07, 6.45) is 7.20. The second kappa shape index (κ2) is 8.27. The van der Waals surface area contributed by atoms with Crippen molar-refractivity contribution in [2.75, 3.05) is 5.32 Å². The van der Waals surface area contributed by atoms with Gasteiger partial charge in [-0.25, -0.2) is 4.98 Å². The highest BCUT2D eigenvalue weighted by molar-refractivity contribution is 9.10. The van der Waals surface area contributed by atoms with Crippen LogP contribution in [-0.2, 0) is 0 Å². The fraction of sp³-hybridized carbons (Fsp3) is 0.318. The van der Waals surface area contributed by atoms with Gasteiger partial charge in [0.2, 0.25) is 0 Å². The first-order valence-electron chi connectivity index (χ1n) is 9.63. The fourth-order valence-corrected chi connectivity index (χ4v) is 4.18. The molecule has 0 saturated heterocycles. The molecular formula is C22H23BrN4O. The molecule has 1 fully saturated rings. The predicted octanol–water partition coefficient (Wildman–Crippen LogP) is 4.85. The second-order valence-electron chi connectivity index (χ2n) is 7.40. The van der Waals surface area contributed by atoms with Gasteiger partial charge in [-0.3, -0.25) is 9.78 Å². The number of nitrogens with one attached hydrogen (secondary N) is 2. The molecule has 1 amide bonds. The summed E-state index contributed by atoms with van der Waals surface area (Å²) in [5.41, 5.74) is 2.84. The molecule has 2 N–H and O–H groups in total. The number of rotatable bonds is 4. The number of amides is 1. The van der Waals surface area contributed by atoms with Gasteiger partial charge in [-0.2, -0.15) is 0 Å². The van der Waals surface area contributed by atoms with Crippen LogP contribution in [-0.4, -0.2) is 28.0 Å². The molecule has 0 bridgehead atoms. The normalized spacial score (nSPS) is 19.4. The van der Waals surface area contributed by atoms with Gasteiger partial charge in [-0.15, -0.1) is 0 Å². The highest BCUT2D eigenvalue weighted by atomic mass is 79.9. The quantitative estimate of drug-likeness (QED) is 0.610. The summed E-state index contributed by atoms with van der Waals surface area (Å²) in [6, 6.07) is 12.7. The number of anilines is 1. The maximum Gasteiger partial charge on any atom is 0.253 e. The summed E-state index contributed by atoms with van der Waals surface area (Å²) in [7, 11) is 0. The average molecular weight is 439 g/mol. The lowest BCUT2D eigenvalue weighted by atomic mass is 9.91. The molecule has 0 unspecified atom stereocenters. The van der Waals surface area contributed by atoms with Crippen molar-refractivity contribution in [3.63, 3.8) is 0 Å². The zero-order chi connectivity index (χ0) is 19.5. The van der Waals surface area contributed by atoms with E-state index in [-0.39, 0.29) is 11.9 Å². The number of aromatic nitrogens is 2. The smallest absolute Gasteiger partial charge is 0.253 e. The number of fused-ring (bicyclic) bond motifs is 1. The van der Waals surface area contributed by atoms with Crippen LogP contribution in [0.25, 0.3) is 10.9 Å². The van der Waals surface area contributed by atoms with Crippen LogP contribution in [0.15, 0.2) is 53.3 Å². The van der Waals surface area contributed by atoms with Crippen molar-refractivity contribution in [1.29, 1.82) is 0 Å². The van der Waals surface area contributed by atoms with E-state index >= 15 is 0 Å². The summed E-state index contributed by atoms with van der Waals surface area (Å²) < 4.78 is 0.811. The van der Waals surface area contributed by atoms with Gasteiger partial charge in [0.1, 0.15) is 5.82 Å². The Morgan fingerprint density at radius 3 is 2.61 bits per heavy atom. The monoisotopic (exact) mass is 438 g/mol. The third-order valence-electron chi connectivity index (χ3n) is 5.30. The van der Waals surface area contributed by atoms with Crippen LogP contribution in [0.2, 0.25) is 0 Å². The highest BCUT2D eigenvalue weighted by Crippen LogP contribution is 2.25. The molecule has 0 radical (unpaired) electrons. The first kappa shape index (κ1) is 18.9. The molecule has 3 aromatic rings. The van der Waals surface area contributed by atoms with E-state index in [0.717, 1.165) is 41.5 Å². The molecule has 0 atom stereocenters. The minimum Gasteiger partial charge on any atom is -0.367 e. The van der Waals surface area contributed by atoms with E-state index in [1.54, 1.807) is 18.5 Å². The number of carbonyl (C=O) groups excluding carboxylic acids is 1. The Kier molecular flexibility index (Phi) is 5.57. The predicted molar refractivity (Wildman–Crippen MR) is 116 cm³/mol. The van der Waals surface area contributed by atoms with E-state index in [2.05, 4.69) is 56.7 Å². The van der Waals surface area contributed by atoms with Gasteiger partial charge < -0.3 is 10.6 Å². The molecule has 1 aliphatic carbocycles. The molecule has 2 heterocycles. The van der Waals surface area contributed by atoms with Crippen LogP contribution < -0.4 is 10.6 Å². The zero-order valence-corrected chi connectivity index (χ0v) is 17.4. The van der Waals surface area contributed by atoms with Gasteiger partial charge in [-0.1, -0.05) is 18.2 Å². The molecule has 0 aliphatic heterocycles. The minimum absolute atomic E-state index is 0.0583. The van der Waals surface area contributed by atoms with Gasteiger partial charge >= 0.3 is 0 Å². The maximum atomic E-state index is 12.4. The van der Waals surface area contributed by atoms with E-state index in [0.29, 0.717) is 11.6 Å². The number of benzene rings is 1. The Bertz CT molecular complexity index is 999. The van der Waals surface area contributed by atoms with Crippen LogP contribution in [0, 0.1) is 6.92 Å². The molecule has 1 aromatic carbocycles. The van der Waals surface area contributed by atoms with Gasteiger partial charge in [0.25, 0.3) is 5.91 Å². The Hall–Kier alpha value is -2.47. The SMILES string of the molecule is Cc1cc(N[C@H]2CC[C@@H](NC(=O)c3cncc(Br)c3)CC2)nc2ccccc12. The summed E-state index contributed by atoms with van der Waals surface area (Å²) in [5, 5.41) is 7.92. The van der Waals surface area contributed by atoms with E-state index in [9.17, 15) is 4.79 Å². The van der Waals surface area contributed by atoms with E-state index in [4.69, 9.17) is 4.98 Å². The standard InChI is InChI=1S/C22H23BrN4O/c1-14-10-21(27-20-5-3-2-4-19(14)20)25-17-6-8-18(9-7-17)26-22(28)15-11-16(23)13-24-12-15/h2-5,10-13,17-18H,6-9H2,1H3,(H,25,27)(H,26,28)/t17-,18+. The number of aryl methyl sites for hydroxylation is 1. The van der Waals surface area contributed by atoms with Crippen LogP contribution in [0.3, 0.4) is 0 Å². The van der Waals surface area contributed by atoms with Crippen molar-refractivity contribution in [1.82, 2.24) is 15.3 Å². The zero-order valence-electron chi connectivity index (χ0n) is 15.8. The number of nitrogens with zero attached hydrogens (tertiary/aromatic N) is 2. The molecule has 5 nitrogen and oxygen atoms in total. The Morgan fingerprint density at radius 2 is 1.82 bits per heavy atom. The summed E-state index contributed by atoms with van der Waals surface area (Å²) in [6.45, 7) is 2.12. The maximum absolute atomic E-state index is 12.4. The Morgan fingerprint density at radius 1 is 1.07 bits per heavy atom.